The standard InChI is InChI=1S/C14H12ClN3/c1-9-3-2-4-12(14(9)15)18-13-7-10(8-16)5-6-11(13)17/h2-7,18H,17H2,1H3. The van der Waals surface area contributed by atoms with Gasteiger partial charge in [-0.3, -0.25) is 0 Å². The van der Waals surface area contributed by atoms with E-state index in [0.29, 0.717) is 22.0 Å². The van der Waals surface area contributed by atoms with E-state index in [-0.39, 0.29) is 0 Å². The number of nitrogens with one attached hydrogen (secondary N) is 1. The molecule has 0 unspecified atom stereocenters. The summed E-state index contributed by atoms with van der Waals surface area (Å²) in [5.41, 5.74) is 9.43. The van der Waals surface area contributed by atoms with Crippen LogP contribution in [-0.4, -0.2) is 0 Å². The van der Waals surface area contributed by atoms with Crippen molar-refractivity contribution in [2.75, 3.05) is 11.1 Å². The van der Waals surface area contributed by atoms with E-state index in [4.69, 9.17) is 22.6 Å². The number of anilines is 3. The van der Waals surface area contributed by atoms with Gasteiger partial charge in [-0.1, -0.05) is 23.7 Å². The van der Waals surface area contributed by atoms with Crippen molar-refractivity contribution in [1.29, 1.82) is 5.26 Å². The Balaban J connectivity index is 2.40. The Morgan fingerprint density at radius 2 is 2.00 bits per heavy atom. The summed E-state index contributed by atoms with van der Waals surface area (Å²) in [4.78, 5) is 0. The van der Waals surface area contributed by atoms with Crippen molar-refractivity contribution in [3.63, 3.8) is 0 Å². The molecule has 0 aliphatic rings. The molecule has 0 spiro atoms. The van der Waals surface area contributed by atoms with E-state index in [1.807, 2.05) is 25.1 Å². The van der Waals surface area contributed by atoms with E-state index in [1.54, 1.807) is 18.2 Å². The van der Waals surface area contributed by atoms with Crippen molar-refractivity contribution >= 4 is 28.7 Å². The molecular weight excluding hydrogens is 246 g/mol. The predicted molar refractivity (Wildman–Crippen MR) is 75.0 cm³/mol. The normalized spacial score (nSPS) is 9.83. The lowest BCUT2D eigenvalue weighted by Gasteiger charge is -2.12. The first kappa shape index (κ1) is 12.3. The summed E-state index contributed by atoms with van der Waals surface area (Å²) in [6.45, 7) is 1.93. The lowest BCUT2D eigenvalue weighted by molar-refractivity contribution is 1.44. The number of halogens is 1. The topological polar surface area (TPSA) is 61.8 Å². The van der Waals surface area contributed by atoms with E-state index in [1.165, 1.54) is 0 Å². The fourth-order valence-corrected chi connectivity index (χ4v) is 1.80. The molecule has 0 saturated heterocycles. The summed E-state index contributed by atoms with van der Waals surface area (Å²) < 4.78 is 0. The van der Waals surface area contributed by atoms with Crippen molar-refractivity contribution in [2.45, 2.75) is 6.92 Å². The highest BCUT2D eigenvalue weighted by molar-refractivity contribution is 6.34. The maximum atomic E-state index is 8.87. The van der Waals surface area contributed by atoms with E-state index >= 15 is 0 Å². The van der Waals surface area contributed by atoms with Crippen LogP contribution in [0.2, 0.25) is 5.02 Å². The minimum Gasteiger partial charge on any atom is -0.397 e. The summed E-state index contributed by atoms with van der Waals surface area (Å²) in [6.07, 6.45) is 0. The van der Waals surface area contributed by atoms with Gasteiger partial charge >= 0.3 is 0 Å². The zero-order valence-electron chi connectivity index (χ0n) is 9.87. The van der Waals surface area contributed by atoms with Gasteiger partial charge < -0.3 is 11.1 Å². The number of nitrogens with zero attached hydrogens (tertiary/aromatic N) is 1. The second kappa shape index (κ2) is 4.99. The number of nitriles is 1. The third-order valence-electron chi connectivity index (χ3n) is 2.64. The average Bonchev–Trinajstić information content (AvgIpc) is 2.37. The Bertz CT molecular complexity index is 629. The Morgan fingerprint density at radius 3 is 2.72 bits per heavy atom. The van der Waals surface area contributed by atoms with Gasteiger partial charge in [0.1, 0.15) is 0 Å². The molecule has 2 rings (SSSR count). The molecule has 18 heavy (non-hydrogen) atoms. The largest absolute Gasteiger partial charge is 0.397 e. The van der Waals surface area contributed by atoms with Gasteiger partial charge in [-0.25, -0.2) is 0 Å². The maximum Gasteiger partial charge on any atom is 0.0992 e. The molecule has 0 heterocycles. The van der Waals surface area contributed by atoms with Crippen LogP contribution in [-0.2, 0) is 0 Å². The number of aryl methyl sites for hydroxylation is 1. The van der Waals surface area contributed by atoms with Crippen LogP contribution in [0.15, 0.2) is 36.4 Å². The molecule has 3 nitrogen and oxygen atoms in total. The number of nitrogen functional groups attached to an aromatic ring is 1. The molecule has 2 aromatic rings. The van der Waals surface area contributed by atoms with Crippen LogP contribution in [0.1, 0.15) is 11.1 Å². The minimum absolute atomic E-state index is 0.551. The molecule has 2 aromatic carbocycles. The van der Waals surface area contributed by atoms with Gasteiger partial charge in [0.25, 0.3) is 0 Å². The van der Waals surface area contributed by atoms with Crippen molar-refractivity contribution in [3.8, 4) is 6.07 Å². The summed E-state index contributed by atoms with van der Waals surface area (Å²) in [7, 11) is 0. The predicted octanol–water partition coefficient (Wildman–Crippen LogP) is 3.85. The third kappa shape index (κ3) is 2.39. The fourth-order valence-electron chi connectivity index (χ4n) is 1.62. The Kier molecular flexibility index (Phi) is 3.40. The van der Waals surface area contributed by atoms with Crippen LogP contribution >= 0.6 is 11.6 Å². The number of rotatable bonds is 2. The first-order chi connectivity index (χ1) is 8.61. The zero-order valence-corrected chi connectivity index (χ0v) is 10.6. The number of hydrogen-bond acceptors (Lipinski definition) is 3. The molecule has 90 valence electrons. The van der Waals surface area contributed by atoms with Crippen LogP contribution in [0.25, 0.3) is 0 Å². The molecule has 0 aromatic heterocycles. The second-order valence-corrected chi connectivity index (χ2v) is 4.35. The van der Waals surface area contributed by atoms with Crippen molar-refractivity contribution in [3.05, 3.63) is 52.5 Å². The van der Waals surface area contributed by atoms with Crippen molar-refractivity contribution in [2.24, 2.45) is 0 Å². The summed E-state index contributed by atoms with van der Waals surface area (Å²) in [5, 5.41) is 12.7. The smallest absolute Gasteiger partial charge is 0.0992 e. The Morgan fingerprint density at radius 1 is 1.22 bits per heavy atom. The van der Waals surface area contributed by atoms with Crippen molar-refractivity contribution in [1.82, 2.24) is 0 Å². The highest BCUT2D eigenvalue weighted by Crippen LogP contribution is 2.30. The summed E-state index contributed by atoms with van der Waals surface area (Å²) in [6, 6.07) is 12.9. The first-order valence-electron chi connectivity index (χ1n) is 5.43. The lowest BCUT2D eigenvalue weighted by Crippen LogP contribution is -1.98. The van der Waals surface area contributed by atoms with Crippen LogP contribution in [0.5, 0.6) is 0 Å². The molecule has 0 aliphatic heterocycles. The molecule has 3 N–H and O–H groups in total. The van der Waals surface area contributed by atoms with Gasteiger partial charge in [0.15, 0.2) is 0 Å². The van der Waals surface area contributed by atoms with E-state index in [0.717, 1.165) is 11.3 Å². The quantitative estimate of drug-likeness (QED) is 0.804. The van der Waals surface area contributed by atoms with Gasteiger partial charge in [-0.2, -0.15) is 5.26 Å². The lowest BCUT2D eigenvalue weighted by atomic mass is 10.1. The summed E-state index contributed by atoms with van der Waals surface area (Å²) >= 11 is 6.20. The molecule has 0 saturated carbocycles. The minimum atomic E-state index is 0.551. The molecule has 0 fully saturated rings. The van der Waals surface area contributed by atoms with E-state index < -0.39 is 0 Å². The van der Waals surface area contributed by atoms with Crippen LogP contribution in [0.3, 0.4) is 0 Å². The zero-order chi connectivity index (χ0) is 13.1. The van der Waals surface area contributed by atoms with E-state index in [2.05, 4.69) is 11.4 Å². The molecule has 0 atom stereocenters. The number of nitrogens with two attached hydrogens (primary N) is 1. The Labute approximate surface area is 111 Å². The highest BCUT2D eigenvalue weighted by atomic mass is 35.5. The van der Waals surface area contributed by atoms with Gasteiger partial charge in [-0.15, -0.1) is 0 Å². The van der Waals surface area contributed by atoms with Crippen LogP contribution in [0.4, 0.5) is 17.1 Å². The van der Waals surface area contributed by atoms with Crippen LogP contribution in [0, 0.1) is 18.3 Å². The molecule has 0 radical (unpaired) electrons. The monoisotopic (exact) mass is 257 g/mol. The molecule has 0 amide bonds. The van der Waals surface area contributed by atoms with Crippen LogP contribution < -0.4 is 11.1 Å². The molecule has 0 bridgehead atoms. The third-order valence-corrected chi connectivity index (χ3v) is 3.15. The molecule has 0 aliphatic carbocycles. The van der Waals surface area contributed by atoms with Crippen molar-refractivity contribution < 1.29 is 0 Å². The van der Waals surface area contributed by atoms with Gasteiger partial charge in [0.05, 0.1) is 33.7 Å². The Hall–Kier alpha value is -2.18. The highest BCUT2D eigenvalue weighted by Gasteiger charge is 2.06. The maximum absolute atomic E-state index is 8.87. The molecular formula is C14H12ClN3. The SMILES string of the molecule is Cc1cccc(Nc2cc(C#N)ccc2N)c1Cl. The number of benzene rings is 2. The van der Waals surface area contributed by atoms with E-state index in [9.17, 15) is 0 Å². The van der Waals surface area contributed by atoms with Gasteiger partial charge in [-0.05, 0) is 36.8 Å². The number of hydrogen-bond donors (Lipinski definition) is 2. The van der Waals surface area contributed by atoms with Gasteiger partial charge in [0.2, 0.25) is 0 Å². The fraction of sp³-hybridized carbons (Fsp3) is 0.0714. The van der Waals surface area contributed by atoms with Gasteiger partial charge in [0, 0.05) is 0 Å². The molecule has 4 heteroatoms. The first-order valence-corrected chi connectivity index (χ1v) is 5.81. The second-order valence-electron chi connectivity index (χ2n) is 3.98. The average molecular weight is 258 g/mol. The summed E-state index contributed by atoms with van der Waals surface area (Å²) in [5.74, 6) is 0.